The fourth-order valence-corrected chi connectivity index (χ4v) is 2.63. The van der Waals surface area contributed by atoms with E-state index in [-0.39, 0.29) is 0 Å². The molecule has 2 aromatic heterocycles. The summed E-state index contributed by atoms with van der Waals surface area (Å²) in [5, 5.41) is 4.16. The Labute approximate surface area is 102 Å². The van der Waals surface area contributed by atoms with E-state index in [0.717, 1.165) is 21.4 Å². The van der Waals surface area contributed by atoms with Crippen LogP contribution in [0.4, 0.5) is 0 Å². The first-order valence-corrected chi connectivity index (χ1v) is 6.20. The van der Waals surface area contributed by atoms with Crippen LogP contribution in [0.3, 0.4) is 0 Å². The van der Waals surface area contributed by atoms with Crippen molar-refractivity contribution in [2.45, 2.75) is 0 Å². The third-order valence-electron chi connectivity index (χ3n) is 2.43. The molecule has 0 aliphatic rings. The van der Waals surface area contributed by atoms with E-state index in [4.69, 9.17) is 16.6 Å². The van der Waals surface area contributed by atoms with E-state index < -0.39 is 0 Å². The first-order valence-electron chi connectivity index (χ1n) is 4.91. The topological polar surface area (TPSA) is 13.1 Å². The van der Waals surface area contributed by atoms with E-state index in [2.05, 4.69) is 6.07 Å². The van der Waals surface area contributed by atoms with Gasteiger partial charge in [0.15, 0.2) is 4.71 Å². The Balaban J connectivity index is 2.34. The molecule has 3 heteroatoms. The molecule has 16 heavy (non-hydrogen) atoms. The van der Waals surface area contributed by atoms with Crippen LogP contribution in [-0.2, 0) is 0 Å². The zero-order chi connectivity index (χ0) is 11.0. The zero-order valence-electron chi connectivity index (χ0n) is 8.34. The molecule has 0 aliphatic heterocycles. The Morgan fingerprint density at radius 1 is 1.06 bits per heavy atom. The molecule has 0 aliphatic carbocycles. The molecular weight excluding hydrogens is 236 g/mol. The second-order valence-corrected chi connectivity index (χ2v) is 4.78. The van der Waals surface area contributed by atoms with Gasteiger partial charge in [0.2, 0.25) is 0 Å². The van der Waals surface area contributed by atoms with Crippen LogP contribution in [0.2, 0.25) is 0 Å². The molecule has 1 aromatic carbocycles. The smallest absolute Gasteiger partial charge is 0.198 e. The summed E-state index contributed by atoms with van der Waals surface area (Å²) in [6.45, 7) is 0. The first-order chi connectivity index (χ1) is 7.84. The number of benzene rings is 1. The second-order valence-electron chi connectivity index (χ2n) is 3.46. The van der Waals surface area contributed by atoms with Crippen LogP contribution in [0.15, 0.2) is 52.3 Å². The van der Waals surface area contributed by atoms with Crippen molar-refractivity contribution in [2.75, 3.05) is 0 Å². The molecule has 0 bridgehead atoms. The van der Waals surface area contributed by atoms with Crippen molar-refractivity contribution in [3.8, 4) is 10.6 Å². The summed E-state index contributed by atoms with van der Waals surface area (Å²) in [7, 11) is 0. The molecule has 1 nitrogen and oxygen atoms in total. The van der Waals surface area contributed by atoms with Gasteiger partial charge in [-0.15, -0.1) is 11.3 Å². The fraction of sp³-hybridized carbons (Fsp3) is 0. The Morgan fingerprint density at radius 2 is 1.94 bits per heavy atom. The van der Waals surface area contributed by atoms with Crippen molar-refractivity contribution in [3.05, 3.63) is 52.6 Å². The van der Waals surface area contributed by atoms with E-state index >= 15 is 0 Å². The van der Waals surface area contributed by atoms with Gasteiger partial charge in [-0.25, -0.2) is 0 Å². The quantitative estimate of drug-likeness (QED) is 0.565. The first kappa shape index (κ1) is 9.75. The maximum atomic E-state index is 5.66. The molecular formula is C13H8OS2. The van der Waals surface area contributed by atoms with Crippen LogP contribution in [-0.4, -0.2) is 0 Å². The van der Waals surface area contributed by atoms with Crippen molar-refractivity contribution in [1.29, 1.82) is 0 Å². The number of thiophene rings is 1. The van der Waals surface area contributed by atoms with Gasteiger partial charge in [-0.1, -0.05) is 24.3 Å². The van der Waals surface area contributed by atoms with Gasteiger partial charge >= 0.3 is 0 Å². The molecule has 3 rings (SSSR count). The molecule has 0 radical (unpaired) electrons. The summed E-state index contributed by atoms with van der Waals surface area (Å²) in [5.41, 5.74) is 0. The maximum Gasteiger partial charge on any atom is 0.198 e. The largest absolute Gasteiger partial charge is 0.444 e. The Kier molecular flexibility index (Phi) is 2.35. The van der Waals surface area contributed by atoms with Gasteiger partial charge in [0.05, 0.1) is 4.88 Å². The van der Waals surface area contributed by atoms with Gasteiger partial charge in [-0.2, -0.15) is 0 Å². The normalized spacial score (nSPS) is 10.8. The van der Waals surface area contributed by atoms with Crippen LogP contribution in [0, 0.1) is 4.71 Å². The molecule has 0 fully saturated rings. The zero-order valence-corrected chi connectivity index (χ0v) is 9.98. The van der Waals surface area contributed by atoms with Crippen molar-refractivity contribution in [2.24, 2.45) is 0 Å². The number of fused-ring (bicyclic) bond motifs is 1. The van der Waals surface area contributed by atoms with Crippen LogP contribution in [0.5, 0.6) is 0 Å². The average Bonchev–Trinajstić information content (AvgIpc) is 2.82. The van der Waals surface area contributed by atoms with Gasteiger partial charge in [0.1, 0.15) is 5.76 Å². The third kappa shape index (κ3) is 1.58. The van der Waals surface area contributed by atoms with Gasteiger partial charge in [-0.3, -0.25) is 0 Å². The summed E-state index contributed by atoms with van der Waals surface area (Å²) in [4.78, 5) is 1.11. The number of rotatable bonds is 1. The van der Waals surface area contributed by atoms with Crippen LogP contribution >= 0.6 is 23.6 Å². The molecule has 3 aromatic rings. The van der Waals surface area contributed by atoms with E-state index in [1.807, 2.05) is 41.8 Å². The summed E-state index contributed by atoms with van der Waals surface area (Å²) >= 11 is 6.91. The lowest BCUT2D eigenvalue weighted by Gasteiger charge is -2.00. The Morgan fingerprint density at radius 3 is 2.75 bits per heavy atom. The number of hydrogen-bond donors (Lipinski definition) is 0. The molecule has 0 unspecified atom stereocenters. The Hall–Kier alpha value is -1.45. The minimum absolute atomic E-state index is 0.557. The lowest BCUT2D eigenvalue weighted by molar-refractivity contribution is 0.559. The molecule has 2 heterocycles. The third-order valence-corrected chi connectivity index (χ3v) is 3.62. The summed E-state index contributed by atoms with van der Waals surface area (Å²) in [6.07, 6.45) is 0. The standard InChI is InChI=1S/C13H8OS2/c15-13-10-5-2-1-4-9(10)8-11(14-13)12-6-3-7-16-12/h1-8H. The van der Waals surface area contributed by atoms with Crippen molar-refractivity contribution in [1.82, 2.24) is 0 Å². The molecule has 0 saturated carbocycles. The highest BCUT2D eigenvalue weighted by Gasteiger charge is 2.04. The monoisotopic (exact) mass is 244 g/mol. The van der Waals surface area contributed by atoms with Gasteiger partial charge < -0.3 is 4.42 Å². The maximum absolute atomic E-state index is 5.66. The van der Waals surface area contributed by atoms with Crippen molar-refractivity contribution < 1.29 is 4.42 Å². The molecule has 0 atom stereocenters. The van der Waals surface area contributed by atoms with Crippen molar-refractivity contribution >= 4 is 34.3 Å². The van der Waals surface area contributed by atoms with E-state index in [0.29, 0.717) is 4.71 Å². The molecule has 0 amide bonds. The highest BCUT2D eigenvalue weighted by molar-refractivity contribution is 7.71. The average molecular weight is 244 g/mol. The molecule has 0 saturated heterocycles. The van der Waals surface area contributed by atoms with Crippen LogP contribution in [0.25, 0.3) is 21.4 Å². The number of hydrogen-bond acceptors (Lipinski definition) is 3. The highest BCUT2D eigenvalue weighted by Crippen LogP contribution is 2.28. The van der Waals surface area contributed by atoms with E-state index in [9.17, 15) is 0 Å². The molecule has 78 valence electrons. The summed E-state index contributed by atoms with van der Waals surface area (Å²) < 4.78 is 6.22. The summed E-state index contributed by atoms with van der Waals surface area (Å²) in [5.74, 6) is 0.846. The lowest BCUT2D eigenvalue weighted by Crippen LogP contribution is -1.77. The highest BCUT2D eigenvalue weighted by atomic mass is 32.1. The van der Waals surface area contributed by atoms with Crippen LogP contribution in [0.1, 0.15) is 0 Å². The molecule has 0 spiro atoms. The second kappa shape index (κ2) is 3.85. The van der Waals surface area contributed by atoms with Crippen LogP contribution < -0.4 is 0 Å². The van der Waals surface area contributed by atoms with Gasteiger partial charge in [-0.05, 0) is 41.2 Å². The summed E-state index contributed by atoms with van der Waals surface area (Å²) in [6, 6.07) is 14.1. The van der Waals surface area contributed by atoms with E-state index in [1.54, 1.807) is 11.3 Å². The lowest BCUT2D eigenvalue weighted by atomic mass is 10.1. The Bertz CT molecular complexity index is 680. The predicted molar refractivity (Wildman–Crippen MR) is 70.4 cm³/mol. The minimum Gasteiger partial charge on any atom is -0.444 e. The fourth-order valence-electron chi connectivity index (χ4n) is 1.67. The van der Waals surface area contributed by atoms with Crippen molar-refractivity contribution in [3.63, 3.8) is 0 Å². The predicted octanol–water partition coefficient (Wildman–Crippen LogP) is 4.89. The molecule has 0 N–H and O–H groups in total. The van der Waals surface area contributed by atoms with E-state index in [1.165, 1.54) is 0 Å². The van der Waals surface area contributed by atoms with Gasteiger partial charge in [0.25, 0.3) is 0 Å². The minimum atomic E-state index is 0.557. The SMILES string of the molecule is S=c1oc(-c2cccs2)cc2ccccc12. The van der Waals surface area contributed by atoms with Gasteiger partial charge in [0, 0.05) is 5.39 Å².